The van der Waals surface area contributed by atoms with Crippen LogP contribution in [-0.4, -0.2) is 18.8 Å². The van der Waals surface area contributed by atoms with Crippen molar-refractivity contribution in [3.63, 3.8) is 0 Å². The van der Waals surface area contributed by atoms with Crippen LogP contribution in [0.4, 0.5) is 0 Å². The summed E-state index contributed by atoms with van der Waals surface area (Å²) in [6, 6.07) is 0. The minimum Gasteiger partial charge on any atom is -0.870 e. The molecule has 3 heteroatoms. The Balaban J connectivity index is -0.000000125. The van der Waals surface area contributed by atoms with Gasteiger partial charge in [-0.1, -0.05) is 0 Å². The molecule has 0 radical (unpaired) electrons. The van der Waals surface area contributed by atoms with Crippen molar-refractivity contribution in [2.24, 2.45) is 0 Å². The summed E-state index contributed by atoms with van der Waals surface area (Å²) in [7, 11) is 5.21. The summed E-state index contributed by atoms with van der Waals surface area (Å²) in [5.41, 5.74) is 0. The molecule has 0 amide bonds. The Morgan fingerprint density at radius 2 is 1.62 bits per heavy atom. The van der Waals surface area contributed by atoms with Crippen LogP contribution in [0, 0.1) is 0 Å². The van der Waals surface area contributed by atoms with E-state index in [-0.39, 0.29) is 11.0 Å². The zero-order chi connectivity index (χ0) is 4.83. The molecule has 0 aliphatic heterocycles. The smallest absolute Gasteiger partial charge is 0.870 e. The van der Waals surface area contributed by atoms with Crippen molar-refractivity contribution in [3.8, 4) is 0 Å². The maximum absolute atomic E-state index is 5.21. The summed E-state index contributed by atoms with van der Waals surface area (Å²) in [6.45, 7) is 2.18. The summed E-state index contributed by atoms with van der Waals surface area (Å²) in [5, 5.41) is 0. The van der Waals surface area contributed by atoms with Gasteiger partial charge in [-0.15, -0.1) is 0 Å². The molecular formula is C5H13BO2. The molecule has 0 rings (SSSR count). The largest absolute Gasteiger partial charge is 0.870 e. The molecule has 0 saturated carbocycles. The van der Waals surface area contributed by atoms with E-state index in [2.05, 4.69) is 6.92 Å². The van der Waals surface area contributed by atoms with Crippen LogP contribution >= 0.6 is 0 Å². The topological polar surface area (TPSA) is 60.0 Å². The van der Waals surface area contributed by atoms with Gasteiger partial charge in [0, 0.05) is 0 Å². The first-order chi connectivity index (χ1) is 2.91. The second-order valence-corrected chi connectivity index (χ2v) is 1.50. The fourth-order valence-corrected chi connectivity index (χ4v) is 0.394. The fraction of sp³-hybridized carbons (Fsp3) is 1.00. The standard InChI is InChI=1S/C5H11B.2H2O/c1-2-3-4-5-6;;/h2-5H2,1H3;2*1H2/q+2;;/p-2. The zero-order valence-electron chi connectivity index (χ0n) is 5.30. The van der Waals surface area contributed by atoms with E-state index in [0.717, 1.165) is 6.32 Å². The average molecular weight is 116 g/mol. The van der Waals surface area contributed by atoms with Crippen LogP contribution in [0.5, 0.6) is 0 Å². The quantitative estimate of drug-likeness (QED) is 0.413. The molecule has 0 bridgehead atoms. The van der Waals surface area contributed by atoms with E-state index in [1.54, 1.807) is 0 Å². The van der Waals surface area contributed by atoms with Gasteiger partial charge in [-0.2, -0.15) is 0 Å². The SMILES string of the molecule is [B+2]CCCCC.[OH-].[OH-]. The van der Waals surface area contributed by atoms with Gasteiger partial charge in [0.25, 0.3) is 0 Å². The van der Waals surface area contributed by atoms with E-state index in [0.29, 0.717) is 0 Å². The molecule has 0 aromatic heterocycles. The van der Waals surface area contributed by atoms with Crippen molar-refractivity contribution in [1.82, 2.24) is 0 Å². The van der Waals surface area contributed by atoms with Crippen LogP contribution in [0.15, 0.2) is 0 Å². The van der Waals surface area contributed by atoms with Crippen LogP contribution in [0.2, 0.25) is 6.32 Å². The second kappa shape index (κ2) is 15.8. The molecule has 0 spiro atoms. The van der Waals surface area contributed by atoms with Gasteiger partial charge in [-0.25, -0.2) is 0 Å². The Labute approximate surface area is 52.3 Å². The average Bonchev–Trinajstić information content (AvgIpc) is 1.61. The summed E-state index contributed by atoms with van der Waals surface area (Å²) < 4.78 is 0. The van der Waals surface area contributed by atoms with Crippen molar-refractivity contribution < 1.29 is 11.0 Å². The van der Waals surface area contributed by atoms with E-state index in [1.807, 2.05) is 0 Å². The van der Waals surface area contributed by atoms with Crippen LogP contribution in [0.25, 0.3) is 0 Å². The number of unbranched alkanes of at least 4 members (excludes halogenated alkanes) is 2. The molecule has 0 saturated heterocycles. The van der Waals surface area contributed by atoms with Gasteiger partial charge in [0.05, 0.1) is 0 Å². The molecule has 0 aliphatic rings. The Bertz CT molecular complexity index is 22.4. The summed E-state index contributed by atoms with van der Waals surface area (Å²) in [5.74, 6) is 0. The third-order valence-corrected chi connectivity index (χ3v) is 0.808. The molecule has 2 N–H and O–H groups in total. The molecule has 48 valence electrons. The van der Waals surface area contributed by atoms with Gasteiger partial charge < -0.3 is 11.0 Å². The Hall–Kier alpha value is -0.0151. The third kappa shape index (κ3) is 16.7. The van der Waals surface area contributed by atoms with Crippen molar-refractivity contribution in [2.75, 3.05) is 0 Å². The monoisotopic (exact) mass is 116 g/mol. The van der Waals surface area contributed by atoms with Crippen molar-refractivity contribution >= 4 is 7.85 Å². The fourth-order valence-electron chi connectivity index (χ4n) is 0.394. The van der Waals surface area contributed by atoms with Gasteiger partial charge in [0.15, 0.2) is 0 Å². The molecule has 0 unspecified atom stereocenters. The molecule has 8 heavy (non-hydrogen) atoms. The van der Waals surface area contributed by atoms with E-state index in [9.17, 15) is 0 Å². The molecule has 0 aromatic rings. The molecular weight excluding hydrogens is 103 g/mol. The maximum atomic E-state index is 5.21. The van der Waals surface area contributed by atoms with Gasteiger partial charge in [-0.05, 0) is 0 Å². The van der Waals surface area contributed by atoms with Crippen molar-refractivity contribution in [3.05, 3.63) is 0 Å². The molecule has 0 aliphatic carbocycles. The molecule has 0 aromatic carbocycles. The minimum atomic E-state index is 0. The third-order valence-electron chi connectivity index (χ3n) is 0.808. The zero-order valence-corrected chi connectivity index (χ0v) is 5.30. The van der Waals surface area contributed by atoms with Gasteiger partial charge in [0.1, 0.15) is 0 Å². The predicted molar refractivity (Wildman–Crippen MR) is 34.0 cm³/mol. The van der Waals surface area contributed by atoms with Gasteiger partial charge >= 0.3 is 40.4 Å². The van der Waals surface area contributed by atoms with E-state index in [1.165, 1.54) is 19.3 Å². The minimum absolute atomic E-state index is 0. The van der Waals surface area contributed by atoms with Crippen LogP contribution in [0.3, 0.4) is 0 Å². The van der Waals surface area contributed by atoms with Crippen LogP contribution in [0.1, 0.15) is 26.2 Å². The first-order valence-electron chi connectivity index (χ1n) is 2.62. The summed E-state index contributed by atoms with van der Waals surface area (Å²) >= 11 is 0. The summed E-state index contributed by atoms with van der Waals surface area (Å²) in [4.78, 5) is 0. The van der Waals surface area contributed by atoms with Crippen LogP contribution < -0.4 is 0 Å². The first-order valence-corrected chi connectivity index (χ1v) is 2.62. The maximum Gasteiger partial charge on any atom is -0.870 e. The summed E-state index contributed by atoms with van der Waals surface area (Å²) in [6.07, 6.45) is 4.61. The molecule has 0 heterocycles. The van der Waals surface area contributed by atoms with E-state index >= 15 is 0 Å². The van der Waals surface area contributed by atoms with E-state index in [4.69, 9.17) is 7.85 Å². The Morgan fingerprint density at radius 3 is 1.75 bits per heavy atom. The Morgan fingerprint density at radius 1 is 1.12 bits per heavy atom. The van der Waals surface area contributed by atoms with Crippen molar-refractivity contribution in [1.29, 1.82) is 0 Å². The van der Waals surface area contributed by atoms with E-state index < -0.39 is 0 Å². The number of rotatable bonds is 3. The van der Waals surface area contributed by atoms with Crippen LogP contribution in [-0.2, 0) is 0 Å². The first kappa shape index (κ1) is 15.7. The molecule has 0 atom stereocenters. The Kier molecular flexibility index (Phi) is 30.9. The predicted octanol–water partition coefficient (Wildman–Crippen LogP) is 1.41. The normalized spacial score (nSPS) is 6.88. The van der Waals surface area contributed by atoms with Gasteiger partial charge in [0.2, 0.25) is 0 Å². The molecule has 0 fully saturated rings. The van der Waals surface area contributed by atoms with Gasteiger partial charge in [-0.3, -0.25) is 0 Å². The number of hydrogen-bond donors (Lipinski definition) is 0. The second-order valence-electron chi connectivity index (χ2n) is 1.50. The van der Waals surface area contributed by atoms with Crippen molar-refractivity contribution in [2.45, 2.75) is 32.5 Å². The number of hydrogen-bond acceptors (Lipinski definition) is 2. The molecule has 2 nitrogen and oxygen atoms in total.